The zero-order chi connectivity index (χ0) is 9.26. The first-order valence-electron chi connectivity index (χ1n) is 3.62. The number of Topliss-reactive ketones (excluding diaryl/α,β-unsaturated/α-hetero) is 1. The van der Waals surface area contributed by atoms with Crippen LogP contribution >= 0.6 is 0 Å². The fourth-order valence-corrected chi connectivity index (χ4v) is 1.02. The molecule has 1 aromatic rings. The molecule has 2 rings (SSSR count). The average Bonchev–Trinajstić information content (AvgIpc) is 2.49. The van der Waals surface area contributed by atoms with Gasteiger partial charge in [0.05, 0.1) is 0 Å². The van der Waals surface area contributed by atoms with Gasteiger partial charge in [0.1, 0.15) is 5.71 Å². The Morgan fingerprint density at radius 3 is 2.38 bits per heavy atom. The third kappa shape index (κ3) is 1.20. The van der Waals surface area contributed by atoms with Crippen molar-refractivity contribution in [3.05, 3.63) is 30.1 Å². The predicted octanol–water partition coefficient (Wildman–Crippen LogP) is -0.515. The molecule has 13 heavy (non-hydrogen) atoms. The van der Waals surface area contributed by atoms with Gasteiger partial charge in [-0.25, -0.2) is 5.43 Å². The smallest absolute Gasteiger partial charge is 0.281 e. The third-order valence-corrected chi connectivity index (χ3v) is 1.64. The van der Waals surface area contributed by atoms with Gasteiger partial charge in [0.25, 0.3) is 5.78 Å². The summed E-state index contributed by atoms with van der Waals surface area (Å²) in [7, 11) is 0. The molecule has 1 amide bonds. The van der Waals surface area contributed by atoms with Crippen LogP contribution in [-0.2, 0) is 9.59 Å². The molecule has 0 spiro atoms. The molecule has 64 valence electrons. The first kappa shape index (κ1) is 7.60. The molecule has 0 radical (unpaired) electrons. The lowest BCUT2D eigenvalue weighted by Gasteiger charge is -1.93. The summed E-state index contributed by atoms with van der Waals surface area (Å²) in [5.41, 5.74) is 2.84. The van der Waals surface area contributed by atoms with Crippen LogP contribution in [0.3, 0.4) is 0 Å². The van der Waals surface area contributed by atoms with E-state index in [2.05, 4.69) is 15.5 Å². The van der Waals surface area contributed by atoms with Crippen molar-refractivity contribution < 1.29 is 9.59 Å². The number of hydrogen-bond acceptors (Lipinski definition) is 4. The Balaban J connectivity index is 2.39. The van der Waals surface area contributed by atoms with Crippen LogP contribution in [0.15, 0.2) is 29.6 Å². The fraction of sp³-hybridized carbons (Fsp3) is 0. The van der Waals surface area contributed by atoms with E-state index < -0.39 is 11.7 Å². The number of carbonyl (C=O) groups is 2. The molecule has 5 heteroatoms. The topological polar surface area (TPSA) is 71.4 Å². The molecule has 2 heterocycles. The van der Waals surface area contributed by atoms with Gasteiger partial charge in [-0.3, -0.25) is 14.6 Å². The summed E-state index contributed by atoms with van der Waals surface area (Å²) in [4.78, 5) is 25.7. The van der Waals surface area contributed by atoms with Gasteiger partial charge in [-0.1, -0.05) is 0 Å². The van der Waals surface area contributed by atoms with Crippen molar-refractivity contribution in [3.63, 3.8) is 0 Å². The summed E-state index contributed by atoms with van der Waals surface area (Å²) >= 11 is 0. The molecule has 0 aliphatic carbocycles. The van der Waals surface area contributed by atoms with E-state index in [0.717, 1.165) is 0 Å². The molecule has 0 bridgehead atoms. The van der Waals surface area contributed by atoms with Crippen LogP contribution in [0.5, 0.6) is 0 Å². The number of carbonyl (C=O) groups excluding carboxylic acids is 2. The van der Waals surface area contributed by atoms with E-state index in [9.17, 15) is 9.59 Å². The summed E-state index contributed by atoms with van der Waals surface area (Å²) in [5, 5.41) is 3.61. The molecule has 1 aromatic heterocycles. The van der Waals surface area contributed by atoms with Gasteiger partial charge >= 0.3 is 5.91 Å². The van der Waals surface area contributed by atoms with Crippen molar-refractivity contribution in [2.75, 3.05) is 0 Å². The molecule has 0 saturated heterocycles. The van der Waals surface area contributed by atoms with Crippen molar-refractivity contribution in [1.29, 1.82) is 0 Å². The maximum absolute atomic E-state index is 11.1. The third-order valence-electron chi connectivity index (χ3n) is 1.64. The van der Waals surface area contributed by atoms with Crippen LogP contribution < -0.4 is 5.43 Å². The number of nitrogens with one attached hydrogen (secondary N) is 1. The fourth-order valence-electron chi connectivity index (χ4n) is 1.02. The normalized spacial score (nSPS) is 15.5. The van der Waals surface area contributed by atoms with Crippen LogP contribution in [0.1, 0.15) is 5.56 Å². The van der Waals surface area contributed by atoms with Gasteiger partial charge in [-0.05, 0) is 12.1 Å². The Morgan fingerprint density at radius 2 is 1.85 bits per heavy atom. The summed E-state index contributed by atoms with van der Waals surface area (Å²) in [5.74, 6) is -1.29. The Morgan fingerprint density at radius 1 is 1.15 bits per heavy atom. The Hall–Kier alpha value is -2.04. The number of ketones is 1. The molecular weight excluding hydrogens is 170 g/mol. The minimum absolute atomic E-state index is 0.146. The highest BCUT2D eigenvalue weighted by atomic mass is 16.2. The van der Waals surface area contributed by atoms with E-state index >= 15 is 0 Å². The van der Waals surface area contributed by atoms with E-state index in [1.54, 1.807) is 12.1 Å². The van der Waals surface area contributed by atoms with Crippen LogP contribution in [0.25, 0.3) is 0 Å². The summed E-state index contributed by atoms with van der Waals surface area (Å²) < 4.78 is 0. The van der Waals surface area contributed by atoms with Gasteiger partial charge in [0, 0.05) is 18.0 Å². The number of amides is 1. The molecule has 1 aliphatic rings. The highest BCUT2D eigenvalue weighted by molar-refractivity contribution is 6.69. The van der Waals surface area contributed by atoms with Gasteiger partial charge in [0.15, 0.2) is 0 Å². The van der Waals surface area contributed by atoms with E-state index in [1.165, 1.54) is 12.4 Å². The molecule has 1 aliphatic heterocycles. The van der Waals surface area contributed by atoms with E-state index in [-0.39, 0.29) is 5.71 Å². The lowest BCUT2D eigenvalue weighted by atomic mass is 10.1. The molecule has 0 aromatic carbocycles. The molecule has 0 fully saturated rings. The van der Waals surface area contributed by atoms with E-state index in [4.69, 9.17) is 0 Å². The monoisotopic (exact) mass is 175 g/mol. The lowest BCUT2D eigenvalue weighted by molar-refractivity contribution is -0.133. The molecule has 0 atom stereocenters. The van der Waals surface area contributed by atoms with Crippen LogP contribution in [0, 0.1) is 0 Å². The maximum atomic E-state index is 11.1. The van der Waals surface area contributed by atoms with Crippen molar-refractivity contribution in [3.8, 4) is 0 Å². The second-order valence-electron chi connectivity index (χ2n) is 2.47. The van der Waals surface area contributed by atoms with Gasteiger partial charge in [0.2, 0.25) is 0 Å². The first-order chi connectivity index (χ1) is 6.29. The van der Waals surface area contributed by atoms with E-state index in [1.807, 2.05) is 0 Å². The van der Waals surface area contributed by atoms with Crippen molar-refractivity contribution >= 4 is 17.4 Å². The second kappa shape index (κ2) is 2.78. The highest BCUT2D eigenvalue weighted by Gasteiger charge is 2.27. The van der Waals surface area contributed by atoms with Gasteiger partial charge < -0.3 is 0 Å². The molecule has 0 unspecified atom stereocenters. The Labute approximate surface area is 73.5 Å². The summed E-state index contributed by atoms with van der Waals surface area (Å²) in [6, 6.07) is 3.24. The minimum Gasteiger partial charge on any atom is -0.281 e. The molecule has 0 saturated carbocycles. The van der Waals surface area contributed by atoms with Crippen LogP contribution in [-0.4, -0.2) is 22.4 Å². The number of hydrogen-bond donors (Lipinski definition) is 1. The minimum atomic E-state index is -0.688. The van der Waals surface area contributed by atoms with Crippen LogP contribution in [0.2, 0.25) is 0 Å². The largest absolute Gasteiger partial charge is 0.314 e. The standard InChI is InChI=1S/C8H5N3O2/c12-7-6(10-11-8(7)13)5-1-3-9-4-2-5/h1-4H,(H,11,12,13). The lowest BCUT2D eigenvalue weighted by Crippen LogP contribution is -2.22. The highest BCUT2D eigenvalue weighted by Crippen LogP contribution is 2.03. The van der Waals surface area contributed by atoms with Crippen LogP contribution in [0.4, 0.5) is 0 Å². The predicted molar refractivity (Wildman–Crippen MR) is 43.9 cm³/mol. The van der Waals surface area contributed by atoms with E-state index in [0.29, 0.717) is 5.56 Å². The number of nitrogens with zero attached hydrogens (tertiary/aromatic N) is 2. The first-order valence-corrected chi connectivity index (χ1v) is 3.62. The van der Waals surface area contributed by atoms with Crippen molar-refractivity contribution in [1.82, 2.24) is 10.4 Å². The number of hydrazone groups is 1. The number of rotatable bonds is 1. The zero-order valence-corrected chi connectivity index (χ0v) is 6.52. The SMILES string of the molecule is O=C1NN=C(c2ccncc2)C1=O. The Kier molecular flexibility index (Phi) is 1.63. The van der Waals surface area contributed by atoms with Gasteiger partial charge in [-0.15, -0.1) is 0 Å². The van der Waals surface area contributed by atoms with Crippen molar-refractivity contribution in [2.45, 2.75) is 0 Å². The summed E-state index contributed by atoms with van der Waals surface area (Å²) in [6.45, 7) is 0. The summed E-state index contributed by atoms with van der Waals surface area (Å²) in [6.07, 6.45) is 3.07. The van der Waals surface area contributed by atoms with Crippen molar-refractivity contribution in [2.24, 2.45) is 5.10 Å². The van der Waals surface area contributed by atoms with Gasteiger partial charge in [-0.2, -0.15) is 5.10 Å². The molecule has 5 nitrogen and oxygen atoms in total. The second-order valence-corrected chi connectivity index (χ2v) is 2.47. The average molecular weight is 175 g/mol. The Bertz CT molecular complexity index is 397. The maximum Gasteiger partial charge on any atom is 0.314 e. The number of pyridine rings is 1. The zero-order valence-electron chi connectivity index (χ0n) is 6.52. The number of aromatic nitrogens is 1. The molecular formula is C8H5N3O2. The quantitative estimate of drug-likeness (QED) is 0.584. The molecule has 1 N–H and O–H groups in total.